The van der Waals surface area contributed by atoms with Crippen molar-refractivity contribution < 1.29 is 4.79 Å². The average molecular weight is 219 g/mol. The molecule has 4 heteroatoms. The fraction of sp³-hybridized carbons (Fsp3) is 0.250. The summed E-state index contributed by atoms with van der Waals surface area (Å²) >= 11 is 0. The van der Waals surface area contributed by atoms with Gasteiger partial charge in [0, 0.05) is 32.0 Å². The van der Waals surface area contributed by atoms with Gasteiger partial charge in [0.2, 0.25) is 0 Å². The lowest BCUT2D eigenvalue weighted by atomic mass is 10.1. The Hall–Kier alpha value is -1.97. The van der Waals surface area contributed by atoms with E-state index in [9.17, 15) is 4.79 Å². The Morgan fingerprint density at radius 1 is 1.56 bits per heavy atom. The minimum absolute atomic E-state index is 0.0495. The largest absolute Gasteiger partial charge is 0.399 e. The zero-order valence-corrected chi connectivity index (χ0v) is 9.66. The number of carbonyl (C=O) groups is 1. The summed E-state index contributed by atoms with van der Waals surface area (Å²) in [6.45, 7) is 4.21. The molecule has 0 aromatic heterocycles. The second-order valence-corrected chi connectivity index (χ2v) is 3.67. The van der Waals surface area contributed by atoms with E-state index in [-0.39, 0.29) is 5.91 Å². The van der Waals surface area contributed by atoms with E-state index in [0.29, 0.717) is 17.8 Å². The number of nitrogens with one attached hydrogen (secondary N) is 1. The average Bonchev–Trinajstić information content (AvgIpc) is 2.25. The van der Waals surface area contributed by atoms with Crippen LogP contribution in [0, 0.1) is 0 Å². The highest BCUT2D eigenvalue weighted by Gasteiger charge is 2.12. The molecule has 0 bridgehead atoms. The number of rotatable bonds is 4. The third-order valence-corrected chi connectivity index (χ3v) is 2.12. The Morgan fingerprint density at radius 2 is 2.25 bits per heavy atom. The maximum atomic E-state index is 11.9. The monoisotopic (exact) mass is 219 g/mol. The Balaban J connectivity index is 3.06. The molecule has 0 saturated heterocycles. The van der Waals surface area contributed by atoms with Crippen LogP contribution in [0.5, 0.6) is 0 Å². The van der Waals surface area contributed by atoms with Crippen molar-refractivity contribution in [2.75, 3.05) is 31.7 Å². The zero-order valence-electron chi connectivity index (χ0n) is 9.66. The fourth-order valence-corrected chi connectivity index (χ4v) is 1.32. The SMILES string of the molecule is C=CCNc1cc(N)ccc1C(=O)N(C)C. The molecule has 1 aromatic carbocycles. The molecule has 0 spiro atoms. The van der Waals surface area contributed by atoms with Crippen LogP contribution >= 0.6 is 0 Å². The summed E-state index contributed by atoms with van der Waals surface area (Å²) in [5.41, 5.74) is 7.66. The predicted molar refractivity (Wildman–Crippen MR) is 67.6 cm³/mol. The van der Waals surface area contributed by atoms with Crippen LogP contribution in [0.2, 0.25) is 0 Å². The van der Waals surface area contributed by atoms with Crippen molar-refractivity contribution in [1.82, 2.24) is 4.90 Å². The van der Waals surface area contributed by atoms with Crippen LogP contribution < -0.4 is 11.1 Å². The first-order valence-electron chi connectivity index (χ1n) is 5.02. The summed E-state index contributed by atoms with van der Waals surface area (Å²) < 4.78 is 0. The number of anilines is 2. The van der Waals surface area contributed by atoms with Crippen LogP contribution in [0.25, 0.3) is 0 Å². The van der Waals surface area contributed by atoms with E-state index in [4.69, 9.17) is 5.73 Å². The van der Waals surface area contributed by atoms with E-state index in [2.05, 4.69) is 11.9 Å². The van der Waals surface area contributed by atoms with Gasteiger partial charge in [0.05, 0.1) is 5.56 Å². The molecular weight excluding hydrogens is 202 g/mol. The van der Waals surface area contributed by atoms with Crippen LogP contribution in [0.3, 0.4) is 0 Å². The summed E-state index contributed by atoms with van der Waals surface area (Å²) in [6.07, 6.45) is 1.73. The summed E-state index contributed by atoms with van der Waals surface area (Å²) in [7, 11) is 3.44. The van der Waals surface area contributed by atoms with Crippen molar-refractivity contribution in [3.05, 3.63) is 36.4 Å². The molecule has 0 saturated carbocycles. The summed E-state index contributed by atoms with van der Waals surface area (Å²) in [6, 6.07) is 5.19. The fourth-order valence-electron chi connectivity index (χ4n) is 1.32. The van der Waals surface area contributed by atoms with Gasteiger partial charge in [-0.3, -0.25) is 4.79 Å². The second kappa shape index (κ2) is 5.21. The van der Waals surface area contributed by atoms with Crippen molar-refractivity contribution in [2.45, 2.75) is 0 Å². The molecule has 4 nitrogen and oxygen atoms in total. The van der Waals surface area contributed by atoms with Gasteiger partial charge < -0.3 is 16.0 Å². The van der Waals surface area contributed by atoms with Crippen LogP contribution in [-0.2, 0) is 0 Å². The Labute approximate surface area is 95.7 Å². The highest BCUT2D eigenvalue weighted by atomic mass is 16.2. The highest BCUT2D eigenvalue weighted by Crippen LogP contribution is 2.20. The number of hydrogen-bond acceptors (Lipinski definition) is 3. The van der Waals surface area contributed by atoms with E-state index < -0.39 is 0 Å². The molecule has 0 aliphatic carbocycles. The third-order valence-electron chi connectivity index (χ3n) is 2.12. The summed E-state index contributed by atoms with van der Waals surface area (Å²) in [5.74, 6) is -0.0495. The second-order valence-electron chi connectivity index (χ2n) is 3.67. The van der Waals surface area contributed by atoms with Crippen molar-refractivity contribution >= 4 is 17.3 Å². The minimum Gasteiger partial charge on any atom is -0.399 e. The van der Waals surface area contributed by atoms with Gasteiger partial charge in [-0.2, -0.15) is 0 Å². The predicted octanol–water partition coefficient (Wildman–Crippen LogP) is 1.57. The maximum absolute atomic E-state index is 11.9. The molecule has 0 aliphatic heterocycles. The van der Waals surface area contributed by atoms with Crippen LogP contribution in [0.1, 0.15) is 10.4 Å². The van der Waals surface area contributed by atoms with E-state index in [0.717, 1.165) is 5.69 Å². The van der Waals surface area contributed by atoms with Gasteiger partial charge >= 0.3 is 0 Å². The van der Waals surface area contributed by atoms with Gasteiger partial charge in [-0.05, 0) is 18.2 Å². The lowest BCUT2D eigenvalue weighted by molar-refractivity contribution is 0.0828. The van der Waals surface area contributed by atoms with Crippen LogP contribution in [0.15, 0.2) is 30.9 Å². The number of benzene rings is 1. The molecule has 1 amide bonds. The quantitative estimate of drug-likeness (QED) is 0.597. The summed E-state index contributed by atoms with van der Waals surface area (Å²) in [5, 5.41) is 3.09. The molecule has 1 rings (SSSR count). The van der Waals surface area contributed by atoms with E-state index in [1.807, 2.05) is 0 Å². The first-order chi connectivity index (χ1) is 7.56. The van der Waals surface area contributed by atoms with Crippen molar-refractivity contribution in [3.63, 3.8) is 0 Å². The van der Waals surface area contributed by atoms with Gasteiger partial charge in [-0.25, -0.2) is 0 Å². The van der Waals surface area contributed by atoms with E-state index >= 15 is 0 Å². The Morgan fingerprint density at radius 3 is 2.81 bits per heavy atom. The number of carbonyl (C=O) groups excluding carboxylic acids is 1. The van der Waals surface area contributed by atoms with Crippen molar-refractivity contribution in [3.8, 4) is 0 Å². The molecule has 3 N–H and O–H groups in total. The topological polar surface area (TPSA) is 58.4 Å². The van der Waals surface area contributed by atoms with Gasteiger partial charge in [0.15, 0.2) is 0 Å². The van der Waals surface area contributed by atoms with Crippen molar-refractivity contribution in [1.29, 1.82) is 0 Å². The van der Waals surface area contributed by atoms with Gasteiger partial charge in [-0.1, -0.05) is 6.08 Å². The lowest BCUT2D eigenvalue weighted by Gasteiger charge is -2.15. The van der Waals surface area contributed by atoms with Gasteiger partial charge in [-0.15, -0.1) is 6.58 Å². The molecule has 0 fully saturated rings. The molecule has 1 aromatic rings. The smallest absolute Gasteiger partial charge is 0.255 e. The molecule has 0 aliphatic rings. The number of nitrogen functional groups attached to an aromatic ring is 1. The third kappa shape index (κ3) is 2.76. The molecule has 0 heterocycles. The first kappa shape index (κ1) is 12.1. The molecule has 0 atom stereocenters. The van der Waals surface area contributed by atoms with Gasteiger partial charge in [0.1, 0.15) is 0 Å². The number of amides is 1. The summed E-state index contributed by atoms with van der Waals surface area (Å²) in [4.78, 5) is 13.4. The minimum atomic E-state index is -0.0495. The number of nitrogens with two attached hydrogens (primary N) is 1. The molecule has 86 valence electrons. The van der Waals surface area contributed by atoms with Crippen LogP contribution in [0.4, 0.5) is 11.4 Å². The Kier molecular flexibility index (Phi) is 3.94. The normalized spacial score (nSPS) is 9.62. The highest BCUT2D eigenvalue weighted by molar-refractivity contribution is 6.00. The Bertz CT molecular complexity index is 399. The molecule has 16 heavy (non-hydrogen) atoms. The van der Waals surface area contributed by atoms with E-state index in [1.54, 1.807) is 38.4 Å². The molecule has 0 unspecified atom stereocenters. The zero-order chi connectivity index (χ0) is 12.1. The van der Waals surface area contributed by atoms with Crippen molar-refractivity contribution in [2.24, 2.45) is 0 Å². The molecule has 0 radical (unpaired) electrons. The lowest BCUT2D eigenvalue weighted by Crippen LogP contribution is -2.23. The maximum Gasteiger partial charge on any atom is 0.255 e. The number of hydrogen-bond donors (Lipinski definition) is 2. The van der Waals surface area contributed by atoms with E-state index in [1.165, 1.54) is 4.90 Å². The first-order valence-corrected chi connectivity index (χ1v) is 5.02. The molecular formula is C12H17N3O. The van der Waals surface area contributed by atoms with Crippen LogP contribution in [-0.4, -0.2) is 31.4 Å². The van der Waals surface area contributed by atoms with Gasteiger partial charge in [0.25, 0.3) is 5.91 Å². The standard InChI is InChI=1S/C12H17N3O/c1-4-7-14-11-8-9(13)5-6-10(11)12(16)15(2)3/h4-6,8,14H,1,7,13H2,2-3H3. The number of nitrogens with zero attached hydrogens (tertiary/aromatic N) is 1.